The van der Waals surface area contributed by atoms with E-state index >= 15 is 0 Å². The average Bonchev–Trinajstić information content (AvgIpc) is 3.27. The molecular weight excluding hydrogens is 394 g/mol. The topological polar surface area (TPSA) is 68.8 Å². The molecule has 1 aliphatic heterocycles. The number of benzene rings is 1. The van der Waals surface area contributed by atoms with Gasteiger partial charge in [-0.1, -0.05) is 27.5 Å². The van der Waals surface area contributed by atoms with Crippen molar-refractivity contribution in [1.82, 2.24) is 24.3 Å². The van der Waals surface area contributed by atoms with Crippen LogP contribution in [0, 0.1) is 5.92 Å². The van der Waals surface area contributed by atoms with Crippen LogP contribution in [0.2, 0.25) is 5.15 Å². The third kappa shape index (κ3) is 2.15. The summed E-state index contributed by atoms with van der Waals surface area (Å²) in [5.74, 6) is 1.51. The lowest BCUT2D eigenvalue weighted by Crippen LogP contribution is -2.07. The molecule has 122 valence electrons. The molecule has 0 amide bonds. The first-order valence-electron chi connectivity index (χ1n) is 7.76. The number of imidazole rings is 1. The van der Waals surface area contributed by atoms with Gasteiger partial charge in [0, 0.05) is 10.0 Å². The fraction of sp³-hybridized carbons (Fsp3) is 0.312. The van der Waals surface area contributed by atoms with Gasteiger partial charge in [0.05, 0.1) is 17.9 Å². The van der Waals surface area contributed by atoms with Crippen molar-refractivity contribution in [2.75, 3.05) is 0 Å². The Bertz CT molecular complexity index is 962. The van der Waals surface area contributed by atoms with E-state index in [4.69, 9.17) is 11.6 Å². The van der Waals surface area contributed by atoms with Gasteiger partial charge in [-0.2, -0.15) is 5.10 Å². The maximum absolute atomic E-state index is 10.4. The maximum atomic E-state index is 10.4. The van der Waals surface area contributed by atoms with Gasteiger partial charge in [-0.15, -0.1) is 0 Å². The van der Waals surface area contributed by atoms with Crippen LogP contribution in [0.5, 0.6) is 0 Å². The highest BCUT2D eigenvalue weighted by Crippen LogP contribution is 2.41. The third-order valence-electron chi connectivity index (χ3n) is 4.60. The van der Waals surface area contributed by atoms with Gasteiger partial charge in [0.2, 0.25) is 0 Å². The van der Waals surface area contributed by atoms with Gasteiger partial charge in [0.1, 0.15) is 12.4 Å². The number of aliphatic hydroxyl groups excluding tert-OH is 1. The molecule has 5 rings (SSSR count). The number of hydrogen-bond acceptors (Lipinski definition) is 4. The molecule has 2 aromatic heterocycles. The van der Waals surface area contributed by atoms with E-state index in [0.29, 0.717) is 17.5 Å². The molecule has 1 atom stereocenters. The molecule has 24 heavy (non-hydrogen) atoms. The van der Waals surface area contributed by atoms with E-state index in [1.807, 2.05) is 22.8 Å². The Morgan fingerprint density at radius 3 is 2.96 bits per heavy atom. The van der Waals surface area contributed by atoms with Crippen molar-refractivity contribution in [2.24, 2.45) is 5.92 Å². The van der Waals surface area contributed by atoms with E-state index in [1.54, 1.807) is 11.0 Å². The molecule has 6 nitrogen and oxygen atoms in total. The monoisotopic (exact) mass is 405 g/mol. The molecule has 1 fully saturated rings. The van der Waals surface area contributed by atoms with E-state index in [0.717, 1.165) is 40.1 Å². The van der Waals surface area contributed by atoms with Crippen LogP contribution < -0.4 is 0 Å². The SMILES string of the molecule is OC(c1nc2n(n1)Cc1c(Cl)ncn1-c1ccc(Br)cc1-2)C1CC1. The molecule has 3 heterocycles. The van der Waals surface area contributed by atoms with Gasteiger partial charge < -0.3 is 5.11 Å². The second-order valence-electron chi connectivity index (χ2n) is 6.25. The summed E-state index contributed by atoms with van der Waals surface area (Å²) in [4.78, 5) is 8.87. The number of hydrogen-bond donors (Lipinski definition) is 1. The van der Waals surface area contributed by atoms with E-state index < -0.39 is 6.10 Å². The maximum Gasteiger partial charge on any atom is 0.180 e. The minimum atomic E-state index is -0.597. The third-order valence-corrected chi connectivity index (χ3v) is 5.40. The van der Waals surface area contributed by atoms with Crippen molar-refractivity contribution in [1.29, 1.82) is 0 Å². The molecule has 8 heteroatoms. The molecular formula is C16H13BrClN5O. The normalized spacial score (nSPS) is 17.0. The van der Waals surface area contributed by atoms with Crippen molar-refractivity contribution in [2.45, 2.75) is 25.5 Å². The van der Waals surface area contributed by atoms with Crippen LogP contribution in [-0.2, 0) is 6.54 Å². The first-order valence-corrected chi connectivity index (χ1v) is 8.94. The summed E-state index contributed by atoms with van der Waals surface area (Å²) in [6, 6.07) is 5.98. The minimum Gasteiger partial charge on any atom is -0.385 e. The van der Waals surface area contributed by atoms with Crippen molar-refractivity contribution in [3.05, 3.63) is 45.7 Å². The predicted octanol–water partition coefficient (Wildman–Crippen LogP) is 3.35. The van der Waals surface area contributed by atoms with E-state index in [-0.39, 0.29) is 5.92 Å². The Kier molecular flexibility index (Phi) is 3.14. The summed E-state index contributed by atoms with van der Waals surface area (Å²) < 4.78 is 4.73. The summed E-state index contributed by atoms with van der Waals surface area (Å²) in [6.45, 7) is 0.463. The van der Waals surface area contributed by atoms with Crippen LogP contribution in [-0.4, -0.2) is 29.4 Å². The fourth-order valence-corrected chi connectivity index (χ4v) is 3.71. The second-order valence-corrected chi connectivity index (χ2v) is 7.52. The molecule has 1 aromatic carbocycles. The highest BCUT2D eigenvalue weighted by atomic mass is 79.9. The van der Waals surface area contributed by atoms with E-state index in [1.165, 1.54) is 0 Å². The molecule has 2 aliphatic rings. The molecule has 0 bridgehead atoms. The van der Waals surface area contributed by atoms with Gasteiger partial charge >= 0.3 is 0 Å². The number of fused-ring (bicyclic) bond motifs is 5. The van der Waals surface area contributed by atoms with Crippen LogP contribution in [0.25, 0.3) is 17.1 Å². The zero-order valence-electron chi connectivity index (χ0n) is 12.5. The molecule has 1 saturated carbocycles. The quantitative estimate of drug-likeness (QED) is 0.554. The Morgan fingerprint density at radius 1 is 1.33 bits per heavy atom. The van der Waals surface area contributed by atoms with Gasteiger partial charge in [-0.25, -0.2) is 14.6 Å². The zero-order chi connectivity index (χ0) is 16.4. The Labute approximate surface area is 151 Å². The molecule has 0 saturated heterocycles. The summed E-state index contributed by atoms with van der Waals surface area (Å²) in [5.41, 5.74) is 2.74. The highest BCUT2D eigenvalue weighted by Gasteiger charge is 2.35. The smallest absolute Gasteiger partial charge is 0.180 e. The number of nitrogens with zero attached hydrogens (tertiary/aromatic N) is 5. The largest absolute Gasteiger partial charge is 0.385 e. The van der Waals surface area contributed by atoms with Gasteiger partial charge in [0.25, 0.3) is 0 Å². The van der Waals surface area contributed by atoms with Crippen LogP contribution in [0.3, 0.4) is 0 Å². The van der Waals surface area contributed by atoms with Gasteiger partial charge in [0.15, 0.2) is 16.8 Å². The van der Waals surface area contributed by atoms with Crippen molar-refractivity contribution in [3.63, 3.8) is 0 Å². The summed E-state index contributed by atoms with van der Waals surface area (Å²) in [6.07, 6.45) is 3.19. The molecule has 0 radical (unpaired) electrons. The fourth-order valence-electron chi connectivity index (χ4n) is 3.16. The van der Waals surface area contributed by atoms with Crippen molar-refractivity contribution < 1.29 is 5.11 Å². The number of aliphatic hydroxyl groups is 1. The first kappa shape index (κ1) is 14.6. The standard InChI is InChI=1S/C16H13BrClN5O/c17-9-3-4-11-10(5-9)16-20-15(13(24)8-1-2-8)21-23(16)6-12-14(18)19-7-22(11)12/h3-5,7-8,13,24H,1-2,6H2. The van der Waals surface area contributed by atoms with Crippen molar-refractivity contribution in [3.8, 4) is 17.1 Å². The molecule has 0 spiro atoms. The summed E-state index contributed by atoms with van der Waals surface area (Å²) >= 11 is 9.80. The Balaban J connectivity index is 1.75. The van der Waals surface area contributed by atoms with Crippen molar-refractivity contribution >= 4 is 27.5 Å². The first-order chi connectivity index (χ1) is 11.6. The number of halogens is 2. The van der Waals surface area contributed by atoms with Gasteiger partial charge in [-0.3, -0.25) is 4.57 Å². The lowest BCUT2D eigenvalue weighted by atomic mass is 10.1. The lowest BCUT2D eigenvalue weighted by Gasteiger charge is -2.09. The minimum absolute atomic E-state index is 0.285. The van der Waals surface area contributed by atoms with E-state index in [9.17, 15) is 5.11 Å². The van der Waals surface area contributed by atoms with E-state index in [2.05, 4.69) is 31.0 Å². The molecule has 1 aliphatic carbocycles. The van der Waals surface area contributed by atoms with Crippen LogP contribution in [0.4, 0.5) is 0 Å². The summed E-state index contributed by atoms with van der Waals surface area (Å²) in [7, 11) is 0. The number of rotatable bonds is 2. The van der Waals surface area contributed by atoms with Crippen LogP contribution >= 0.6 is 27.5 Å². The van der Waals surface area contributed by atoms with Crippen LogP contribution in [0.1, 0.15) is 30.5 Å². The Hall–Kier alpha value is -1.70. The average molecular weight is 407 g/mol. The summed E-state index contributed by atoms with van der Waals surface area (Å²) in [5, 5.41) is 15.4. The second kappa shape index (κ2) is 5.15. The Morgan fingerprint density at radius 2 is 2.17 bits per heavy atom. The molecule has 3 aromatic rings. The molecule has 1 unspecified atom stereocenters. The van der Waals surface area contributed by atoms with Crippen LogP contribution in [0.15, 0.2) is 29.0 Å². The zero-order valence-corrected chi connectivity index (χ0v) is 14.9. The predicted molar refractivity (Wildman–Crippen MR) is 92.1 cm³/mol. The number of aromatic nitrogens is 5. The highest BCUT2D eigenvalue weighted by molar-refractivity contribution is 9.10. The molecule has 1 N–H and O–H groups in total. The lowest BCUT2D eigenvalue weighted by molar-refractivity contribution is 0.144. The van der Waals surface area contributed by atoms with Gasteiger partial charge in [-0.05, 0) is 37.0 Å².